The van der Waals surface area contributed by atoms with E-state index in [0.717, 1.165) is 25.0 Å². The molecule has 0 aromatic heterocycles. The second kappa shape index (κ2) is 8.42. The summed E-state index contributed by atoms with van der Waals surface area (Å²) in [5.41, 5.74) is 0.970. The standard InChI is InChI=1S/C16H22N2O3/c19-15(18-12-14-7-4-10-21-14)8-9-17-16(20)11-13-5-2-1-3-6-13/h1-3,5-6,14H,4,7-12H2,(H,17,20)(H,18,19). The molecule has 5 heteroatoms. The van der Waals surface area contributed by atoms with Crippen molar-refractivity contribution in [3.8, 4) is 0 Å². The summed E-state index contributed by atoms with van der Waals surface area (Å²) in [6, 6.07) is 9.55. The molecule has 0 saturated carbocycles. The van der Waals surface area contributed by atoms with Crippen molar-refractivity contribution in [1.82, 2.24) is 10.6 Å². The van der Waals surface area contributed by atoms with Crippen molar-refractivity contribution in [3.63, 3.8) is 0 Å². The van der Waals surface area contributed by atoms with Crippen molar-refractivity contribution < 1.29 is 14.3 Å². The molecule has 0 radical (unpaired) electrons. The molecule has 1 aliphatic rings. The molecule has 1 aliphatic heterocycles. The van der Waals surface area contributed by atoms with Crippen LogP contribution in [0.5, 0.6) is 0 Å². The molecule has 21 heavy (non-hydrogen) atoms. The summed E-state index contributed by atoms with van der Waals surface area (Å²) in [5.74, 6) is -0.112. The predicted molar refractivity (Wildman–Crippen MR) is 79.8 cm³/mol. The fourth-order valence-corrected chi connectivity index (χ4v) is 2.28. The second-order valence-corrected chi connectivity index (χ2v) is 5.20. The first-order valence-electron chi connectivity index (χ1n) is 7.43. The molecular weight excluding hydrogens is 268 g/mol. The summed E-state index contributed by atoms with van der Waals surface area (Å²) in [6.45, 7) is 1.72. The third-order valence-electron chi connectivity index (χ3n) is 3.43. The fraction of sp³-hybridized carbons (Fsp3) is 0.500. The average Bonchev–Trinajstić information content (AvgIpc) is 2.99. The van der Waals surface area contributed by atoms with Gasteiger partial charge in [-0.2, -0.15) is 0 Å². The Bertz CT molecular complexity index is 456. The van der Waals surface area contributed by atoms with Crippen molar-refractivity contribution in [2.75, 3.05) is 19.7 Å². The number of benzene rings is 1. The van der Waals surface area contributed by atoms with E-state index in [1.54, 1.807) is 0 Å². The molecule has 114 valence electrons. The van der Waals surface area contributed by atoms with Crippen LogP contribution in [0.1, 0.15) is 24.8 Å². The summed E-state index contributed by atoms with van der Waals surface area (Å²) in [5, 5.41) is 5.59. The Morgan fingerprint density at radius 1 is 1.14 bits per heavy atom. The summed E-state index contributed by atoms with van der Waals surface area (Å²) < 4.78 is 5.43. The van der Waals surface area contributed by atoms with Gasteiger partial charge >= 0.3 is 0 Å². The van der Waals surface area contributed by atoms with Crippen LogP contribution in [-0.2, 0) is 20.7 Å². The maximum atomic E-state index is 11.7. The Morgan fingerprint density at radius 2 is 1.95 bits per heavy atom. The van der Waals surface area contributed by atoms with Gasteiger partial charge in [-0.25, -0.2) is 0 Å². The van der Waals surface area contributed by atoms with E-state index in [1.165, 1.54) is 0 Å². The van der Waals surface area contributed by atoms with Crippen LogP contribution in [-0.4, -0.2) is 37.6 Å². The Labute approximate surface area is 125 Å². The maximum absolute atomic E-state index is 11.7. The molecule has 1 fully saturated rings. The van der Waals surface area contributed by atoms with E-state index in [9.17, 15) is 9.59 Å². The highest BCUT2D eigenvalue weighted by molar-refractivity contribution is 5.80. The molecule has 1 heterocycles. The number of amides is 2. The van der Waals surface area contributed by atoms with E-state index >= 15 is 0 Å². The number of carbonyl (C=O) groups is 2. The third kappa shape index (κ3) is 5.95. The second-order valence-electron chi connectivity index (χ2n) is 5.20. The lowest BCUT2D eigenvalue weighted by Crippen LogP contribution is -2.35. The first-order valence-corrected chi connectivity index (χ1v) is 7.43. The molecule has 1 unspecified atom stereocenters. The lowest BCUT2D eigenvalue weighted by Gasteiger charge is -2.11. The molecule has 0 spiro atoms. The molecular formula is C16H22N2O3. The summed E-state index contributed by atoms with van der Waals surface area (Å²) in [4.78, 5) is 23.3. The fourth-order valence-electron chi connectivity index (χ4n) is 2.28. The van der Waals surface area contributed by atoms with Gasteiger partial charge in [-0.05, 0) is 18.4 Å². The largest absolute Gasteiger partial charge is 0.376 e. The smallest absolute Gasteiger partial charge is 0.224 e. The molecule has 0 aliphatic carbocycles. The van der Waals surface area contributed by atoms with Gasteiger partial charge in [-0.15, -0.1) is 0 Å². The van der Waals surface area contributed by atoms with Gasteiger partial charge in [-0.1, -0.05) is 30.3 Å². The van der Waals surface area contributed by atoms with E-state index in [2.05, 4.69) is 10.6 Å². The quantitative estimate of drug-likeness (QED) is 0.788. The van der Waals surface area contributed by atoms with E-state index in [-0.39, 0.29) is 17.9 Å². The lowest BCUT2D eigenvalue weighted by molar-refractivity contribution is -0.122. The van der Waals surface area contributed by atoms with Gasteiger partial charge in [0.05, 0.1) is 12.5 Å². The molecule has 0 bridgehead atoms. The first-order chi connectivity index (χ1) is 10.2. The van der Waals surface area contributed by atoms with Crippen LogP contribution >= 0.6 is 0 Å². The zero-order valence-corrected chi connectivity index (χ0v) is 12.1. The zero-order chi connectivity index (χ0) is 14.9. The van der Waals surface area contributed by atoms with Crippen LogP contribution in [0.2, 0.25) is 0 Å². The molecule has 2 rings (SSSR count). The average molecular weight is 290 g/mol. The minimum absolute atomic E-state index is 0.0505. The number of nitrogens with one attached hydrogen (secondary N) is 2. The summed E-state index contributed by atoms with van der Waals surface area (Å²) >= 11 is 0. The number of carbonyl (C=O) groups excluding carboxylic acids is 2. The van der Waals surface area contributed by atoms with Crippen LogP contribution < -0.4 is 10.6 Å². The van der Waals surface area contributed by atoms with Crippen LogP contribution in [0, 0.1) is 0 Å². The van der Waals surface area contributed by atoms with Crippen LogP contribution in [0.4, 0.5) is 0 Å². The molecule has 2 N–H and O–H groups in total. The van der Waals surface area contributed by atoms with Crippen molar-refractivity contribution in [2.24, 2.45) is 0 Å². The van der Waals surface area contributed by atoms with E-state index in [1.807, 2.05) is 30.3 Å². The van der Waals surface area contributed by atoms with Gasteiger partial charge in [0.1, 0.15) is 0 Å². The Hall–Kier alpha value is -1.88. The number of rotatable bonds is 7. The summed E-state index contributed by atoms with van der Waals surface area (Å²) in [7, 11) is 0. The number of ether oxygens (including phenoxy) is 1. The number of hydrogen-bond donors (Lipinski definition) is 2. The Balaban J connectivity index is 1.55. The topological polar surface area (TPSA) is 67.4 Å². The van der Waals surface area contributed by atoms with Gasteiger partial charge in [0.15, 0.2) is 0 Å². The van der Waals surface area contributed by atoms with Crippen molar-refractivity contribution >= 4 is 11.8 Å². The first kappa shape index (κ1) is 15.5. The molecule has 1 atom stereocenters. The van der Waals surface area contributed by atoms with Gasteiger partial charge in [0.25, 0.3) is 0 Å². The van der Waals surface area contributed by atoms with Crippen LogP contribution in [0.15, 0.2) is 30.3 Å². The SMILES string of the molecule is O=C(CCNC(=O)Cc1ccccc1)NCC1CCCO1. The van der Waals surface area contributed by atoms with Gasteiger partial charge in [0.2, 0.25) is 11.8 Å². The van der Waals surface area contributed by atoms with Gasteiger partial charge in [-0.3, -0.25) is 9.59 Å². The highest BCUT2D eigenvalue weighted by Gasteiger charge is 2.15. The number of hydrogen-bond acceptors (Lipinski definition) is 3. The molecule has 5 nitrogen and oxygen atoms in total. The molecule has 2 amide bonds. The Morgan fingerprint density at radius 3 is 2.67 bits per heavy atom. The zero-order valence-electron chi connectivity index (χ0n) is 12.1. The van der Waals surface area contributed by atoms with E-state index < -0.39 is 0 Å². The molecule has 1 aromatic rings. The van der Waals surface area contributed by atoms with E-state index in [4.69, 9.17) is 4.74 Å². The minimum Gasteiger partial charge on any atom is -0.376 e. The minimum atomic E-state index is -0.0619. The van der Waals surface area contributed by atoms with Crippen LogP contribution in [0.3, 0.4) is 0 Å². The van der Waals surface area contributed by atoms with Crippen molar-refractivity contribution in [3.05, 3.63) is 35.9 Å². The van der Waals surface area contributed by atoms with E-state index in [0.29, 0.717) is 25.9 Å². The summed E-state index contributed by atoms with van der Waals surface area (Å²) in [6.07, 6.45) is 2.87. The molecule has 1 saturated heterocycles. The highest BCUT2D eigenvalue weighted by atomic mass is 16.5. The lowest BCUT2D eigenvalue weighted by atomic mass is 10.1. The highest BCUT2D eigenvalue weighted by Crippen LogP contribution is 2.10. The monoisotopic (exact) mass is 290 g/mol. The maximum Gasteiger partial charge on any atom is 0.224 e. The van der Waals surface area contributed by atoms with Gasteiger partial charge < -0.3 is 15.4 Å². The normalized spacial score (nSPS) is 17.4. The third-order valence-corrected chi connectivity index (χ3v) is 3.43. The Kier molecular flexibility index (Phi) is 6.22. The molecule has 1 aromatic carbocycles. The van der Waals surface area contributed by atoms with Gasteiger partial charge in [0, 0.05) is 26.1 Å². The van der Waals surface area contributed by atoms with Crippen molar-refractivity contribution in [1.29, 1.82) is 0 Å². The van der Waals surface area contributed by atoms with Crippen molar-refractivity contribution in [2.45, 2.75) is 31.8 Å². The predicted octanol–water partition coefficient (Wildman–Crippen LogP) is 1.03. The van der Waals surface area contributed by atoms with Crippen LogP contribution in [0.25, 0.3) is 0 Å².